The number of aryl methyl sites for hydroxylation is 2. The van der Waals surface area contributed by atoms with Gasteiger partial charge in [0.05, 0.1) is 12.7 Å². The van der Waals surface area contributed by atoms with Crippen LogP contribution in [0.5, 0.6) is 0 Å². The van der Waals surface area contributed by atoms with Crippen molar-refractivity contribution in [3.05, 3.63) is 23.0 Å². The molecule has 2 heterocycles. The van der Waals surface area contributed by atoms with Crippen molar-refractivity contribution >= 4 is 22.8 Å². The third-order valence-corrected chi connectivity index (χ3v) is 4.39. The molecule has 0 bridgehead atoms. The summed E-state index contributed by atoms with van der Waals surface area (Å²) in [6.07, 6.45) is 2.74. The number of hydrogen-bond donors (Lipinski definition) is 2. The second-order valence-corrected chi connectivity index (χ2v) is 8.30. The van der Waals surface area contributed by atoms with Gasteiger partial charge in [0.1, 0.15) is 0 Å². The molecule has 0 aliphatic heterocycles. The van der Waals surface area contributed by atoms with E-state index < -0.39 is 0 Å². The van der Waals surface area contributed by atoms with E-state index in [0.29, 0.717) is 12.8 Å². The minimum Gasteiger partial charge on any atom is -0.350 e. The van der Waals surface area contributed by atoms with Crippen LogP contribution in [0.2, 0.25) is 0 Å². The number of hydrogen-bond acceptors (Lipinski definition) is 4. The molecule has 7 heteroatoms. The molecule has 0 aliphatic carbocycles. The number of rotatable bonds is 6. The fourth-order valence-electron chi connectivity index (χ4n) is 3.11. The van der Waals surface area contributed by atoms with Crippen LogP contribution in [-0.2, 0) is 16.0 Å². The maximum Gasteiger partial charge on any atom is 0.239 e. The van der Waals surface area contributed by atoms with Gasteiger partial charge in [-0.25, -0.2) is 9.67 Å². The van der Waals surface area contributed by atoms with Crippen molar-refractivity contribution in [1.82, 2.24) is 25.4 Å². The molecule has 2 N–H and O–H groups in total. The van der Waals surface area contributed by atoms with Gasteiger partial charge in [-0.15, -0.1) is 0 Å². The van der Waals surface area contributed by atoms with Crippen molar-refractivity contribution in [1.29, 1.82) is 0 Å². The molecule has 0 fully saturated rings. The molecule has 27 heavy (non-hydrogen) atoms. The zero-order chi connectivity index (χ0) is 20.4. The first-order chi connectivity index (χ1) is 12.5. The van der Waals surface area contributed by atoms with Crippen LogP contribution in [0.4, 0.5) is 0 Å². The summed E-state index contributed by atoms with van der Waals surface area (Å²) in [5, 5.41) is 11.0. The molecule has 0 spiro atoms. The summed E-state index contributed by atoms with van der Waals surface area (Å²) in [7, 11) is 0. The molecule has 0 atom stereocenters. The molecule has 0 unspecified atom stereocenters. The summed E-state index contributed by atoms with van der Waals surface area (Å²) in [5.41, 5.74) is 3.67. The summed E-state index contributed by atoms with van der Waals surface area (Å²) in [6.45, 7) is 13.9. The van der Waals surface area contributed by atoms with Crippen LogP contribution in [0.1, 0.15) is 63.9 Å². The van der Waals surface area contributed by atoms with Crippen LogP contribution in [0.3, 0.4) is 0 Å². The Morgan fingerprint density at radius 2 is 1.85 bits per heavy atom. The zero-order valence-corrected chi connectivity index (χ0v) is 17.4. The molecule has 0 saturated heterocycles. The molecule has 2 rings (SSSR count). The molecule has 7 nitrogen and oxygen atoms in total. The van der Waals surface area contributed by atoms with Crippen LogP contribution in [-0.4, -0.2) is 38.7 Å². The minimum absolute atomic E-state index is 0.00743. The van der Waals surface area contributed by atoms with Crippen molar-refractivity contribution in [2.24, 2.45) is 0 Å². The van der Waals surface area contributed by atoms with E-state index in [9.17, 15) is 9.59 Å². The minimum atomic E-state index is -0.308. The molecule has 2 aromatic rings. The van der Waals surface area contributed by atoms with Gasteiger partial charge in [-0.3, -0.25) is 9.59 Å². The van der Waals surface area contributed by atoms with Gasteiger partial charge in [-0.2, -0.15) is 5.10 Å². The molecule has 2 aromatic heterocycles. The molecule has 2 amide bonds. The molecule has 0 aliphatic rings. The average molecular weight is 374 g/mol. The number of carbonyl (C=O) groups excluding carboxylic acids is 2. The Kier molecular flexibility index (Phi) is 6.23. The fraction of sp³-hybridized carbons (Fsp3) is 0.600. The first-order valence-corrected chi connectivity index (χ1v) is 9.40. The van der Waals surface area contributed by atoms with E-state index in [2.05, 4.69) is 29.6 Å². The molecule has 0 aromatic carbocycles. The molecule has 148 valence electrons. The highest BCUT2D eigenvalue weighted by molar-refractivity contribution is 5.85. The molecular formula is C20H31N5O2. The second kappa shape index (κ2) is 8.06. The predicted molar refractivity (Wildman–Crippen MR) is 107 cm³/mol. The summed E-state index contributed by atoms with van der Waals surface area (Å²) >= 11 is 0. The van der Waals surface area contributed by atoms with E-state index in [1.54, 1.807) is 0 Å². The number of carbonyl (C=O) groups is 2. The normalized spacial score (nSPS) is 11.9. The Morgan fingerprint density at radius 3 is 2.44 bits per heavy atom. The first kappa shape index (κ1) is 20.9. The fourth-order valence-corrected chi connectivity index (χ4v) is 3.11. The van der Waals surface area contributed by atoms with Gasteiger partial charge in [-0.05, 0) is 66.0 Å². The standard InChI is InChI=1S/C20H31N5O2/c1-12(2)25-19-16(10-22-25)13(3)15(14(4)23-19)8-9-17(26)21-11-18(27)24-20(5,6)7/h10,12H,8-9,11H2,1-7H3,(H,21,26)(H,24,27). The molecule has 0 saturated carbocycles. The highest BCUT2D eigenvalue weighted by Crippen LogP contribution is 2.25. The van der Waals surface area contributed by atoms with Gasteiger partial charge >= 0.3 is 0 Å². The Morgan fingerprint density at radius 1 is 1.19 bits per heavy atom. The lowest BCUT2D eigenvalue weighted by Crippen LogP contribution is -2.45. The first-order valence-electron chi connectivity index (χ1n) is 9.40. The van der Waals surface area contributed by atoms with E-state index in [4.69, 9.17) is 4.98 Å². The van der Waals surface area contributed by atoms with Gasteiger partial charge < -0.3 is 10.6 Å². The second-order valence-electron chi connectivity index (χ2n) is 8.30. The largest absolute Gasteiger partial charge is 0.350 e. The maximum absolute atomic E-state index is 12.1. The number of pyridine rings is 1. The van der Waals surface area contributed by atoms with Gasteiger partial charge in [0.15, 0.2) is 5.65 Å². The molecule has 0 radical (unpaired) electrons. The van der Waals surface area contributed by atoms with Crippen molar-refractivity contribution in [2.75, 3.05) is 6.54 Å². The average Bonchev–Trinajstić information content (AvgIpc) is 2.95. The summed E-state index contributed by atoms with van der Waals surface area (Å²) < 4.78 is 1.92. The van der Waals surface area contributed by atoms with Crippen LogP contribution in [0, 0.1) is 13.8 Å². The monoisotopic (exact) mass is 373 g/mol. The number of aromatic nitrogens is 3. The van der Waals surface area contributed by atoms with Crippen LogP contribution in [0.15, 0.2) is 6.20 Å². The van der Waals surface area contributed by atoms with Crippen LogP contribution < -0.4 is 10.6 Å². The van der Waals surface area contributed by atoms with Crippen molar-refractivity contribution in [3.8, 4) is 0 Å². The van der Waals surface area contributed by atoms with E-state index in [0.717, 1.165) is 27.9 Å². The van der Waals surface area contributed by atoms with Crippen molar-refractivity contribution in [3.63, 3.8) is 0 Å². The van der Waals surface area contributed by atoms with Crippen molar-refractivity contribution < 1.29 is 9.59 Å². The van der Waals surface area contributed by atoms with Gasteiger partial charge in [-0.1, -0.05) is 0 Å². The lowest BCUT2D eigenvalue weighted by atomic mass is 10.0. The quantitative estimate of drug-likeness (QED) is 0.814. The van der Waals surface area contributed by atoms with Gasteiger partial charge in [0.2, 0.25) is 11.8 Å². The SMILES string of the molecule is Cc1nc2c(cnn2C(C)C)c(C)c1CCC(=O)NCC(=O)NC(C)(C)C. The highest BCUT2D eigenvalue weighted by Gasteiger charge is 2.17. The topological polar surface area (TPSA) is 88.9 Å². The Labute approximate surface area is 160 Å². The number of fused-ring (bicyclic) bond motifs is 1. The maximum atomic E-state index is 12.1. The van der Waals surface area contributed by atoms with Crippen LogP contribution >= 0.6 is 0 Å². The number of nitrogens with one attached hydrogen (secondary N) is 2. The summed E-state index contributed by atoms with van der Waals surface area (Å²) in [6, 6.07) is 0.240. The van der Waals surface area contributed by atoms with E-state index in [1.165, 1.54) is 0 Å². The highest BCUT2D eigenvalue weighted by atomic mass is 16.2. The number of amides is 2. The summed E-state index contributed by atoms with van der Waals surface area (Å²) in [4.78, 5) is 28.7. The third kappa shape index (κ3) is 5.28. The zero-order valence-electron chi connectivity index (χ0n) is 17.4. The van der Waals surface area contributed by atoms with Crippen LogP contribution in [0.25, 0.3) is 11.0 Å². The Bertz CT molecular complexity index is 846. The summed E-state index contributed by atoms with van der Waals surface area (Å²) in [5.74, 6) is -0.330. The lowest BCUT2D eigenvalue weighted by molar-refractivity contribution is -0.126. The number of nitrogens with zero attached hydrogens (tertiary/aromatic N) is 3. The molecular weight excluding hydrogens is 342 g/mol. The predicted octanol–water partition coefficient (Wildman–Crippen LogP) is 2.59. The van der Waals surface area contributed by atoms with Gasteiger partial charge in [0, 0.05) is 29.1 Å². The van der Waals surface area contributed by atoms with Gasteiger partial charge in [0.25, 0.3) is 0 Å². The smallest absolute Gasteiger partial charge is 0.239 e. The third-order valence-electron chi connectivity index (χ3n) is 4.39. The Balaban J connectivity index is 2.02. The van der Waals surface area contributed by atoms with Crippen molar-refractivity contribution in [2.45, 2.75) is 72.9 Å². The lowest BCUT2D eigenvalue weighted by Gasteiger charge is -2.20. The van der Waals surface area contributed by atoms with E-state index >= 15 is 0 Å². The van der Waals surface area contributed by atoms with E-state index in [-0.39, 0.29) is 29.9 Å². The Hall–Kier alpha value is -2.44. The van der Waals surface area contributed by atoms with E-state index in [1.807, 2.05) is 45.5 Å².